The number of ether oxygens (including phenoxy) is 2. The van der Waals surface area contributed by atoms with Crippen LogP contribution >= 0.6 is 0 Å². The summed E-state index contributed by atoms with van der Waals surface area (Å²) in [6.07, 6.45) is 0.889. The first-order chi connectivity index (χ1) is 10.2. The molecule has 0 spiro atoms. The van der Waals surface area contributed by atoms with Crippen LogP contribution in [0.3, 0.4) is 0 Å². The molecule has 3 nitrogen and oxygen atoms in total. The van der Waals surface area contributed by atoms with Crippen molar-refractivity contribution < 1.29 is 14.3 Å². The van der Waals surface area contributed by atoms with E-state index in [9.17, 15) is 4.79 Å². The molecule has 2 aromatic rings. The molecule has 2 aromatic carbocycles. The molecule has 3 rings (SSSR count). The molecule has 0 bridgehead atoms. The van der Waals surface area contributed by atoms with Crippen molar-refractivity contribution in [3.8, 4) is 22.6 Å². The molecule has 1 aliphatic rings. The maximum Gasteiger partial charge on any atom is 0.161 e. The fourth-order valence-electron chi connectivity index (χ4n) is 2.44. The standard InChI is InChI=1S/C18H18O3/c1-12-3-4-15(9-19)16(7-12)14-5-6-17-18(8-14)21-11-13(2)10-20-17/h3-9,13H,10-11H2,1-2H3. The van der Waals surface area contributed by atoms with E-state index in [0.717, 1.165) is 34.5 Å². The average molecular weight is 282 g/mol. The van der Waals surface area contributed by atoms with E-state index in [4.69, 9.17) is 9.47 Å². The van der Waals surface area contributed by atoms with Gasteiger partial charge in [0, 0.05) is 11.5 Å². The molecule has 1 unspecified atom stereocenters. The Labute approximate surface area is 124 Å². The van der Waals surface area contributed by atoms with Crippen LogP contribution in [-0.4, -0.2) is 19.5 Å². The number of carbonyl (C=O) groups is 1. The quantitative estimate of drug-likeness (QED) is 0.784. The van der Waals surface area contributed by atoms with Crippen LogP contribution in [0.15, 0.2) is 36.4 Å². The van der Waals surface area contributed by atoms with Crippen molar-refractivity contribution in [3.63, 3.8) is 0 Å². The van der Waals surface area contributed by atoms with Gasteiger partial charge in [0.05, 0.1) is 13.2 Å². The van der Waals surface area contributed by atoms with Gasteiger partial charge in [-0.2, -0.15) is 0 Å². The lowest BCUT2D eigenvalue weighted by atomic mass is 9.98. The summed E-state index contributed by atoms with van der Waals surface area (Å²) in [5.74, 6) is 1.88. The molecule has 0 fully saturated rings. The van der Waals surface area contributed by atoms with Gasteiger partial charge in [0.15, 0.2) is 17.8 Å². The first kappa shape index (κ1) is 13.7. The number of hydrogen-bond donors (Lipinski definition) is 0. The Morgan fingerprint density at radius 1 is 1.05 bits per heavy atom. The van der Waals surface area contributed by atoms with Gasteiger partial charge < -0.3 is 9.47 Å². The van der Waals surface area contributed by atoms with Crippen molar-refractivity contribution in [2.75, 3.05) is 13.2 Å². The second-order valence-electron chi connectivity index (χ2n) is 5.60. The van der Waals surface area contributed by atoms with Crippen LogP contribution in [0.1, 0.15) is 22.8 Å². The van der Waals surface area contributed by atoms with E-state index in [-0.39, 0.29) is 0 Å². The fourth-order valence-corrected chi connectivity index (χ4v) is 2.44. The average Bonchev–Trinajstić information content (AvgIpc) is 2.69. The van der Waals surface area contributed by atoms with Crippen molar-refractivity contribution in [2.24, 2.45) is 5.92 Å². The summed E-state index contributed by atoms with van der Waals surface area (Å²) in [4.78, 5) is 11.2. The van der Waals surface area contributed by atoms with Crippen molar-refractivity contribution in [2.45, 2.75) is 13.8 Å². The number of aryl methyl sites for hydroxylation is 1. The van der Waals surface area contributed by atoms with E-state index in [1.807, 2.05) is 43.3 Å². The van der Waals surface area contributed by atoms with E-state index in [0.29, 0.717) is 24.7 Å². The molecule has 0 aromatic heterocycles. The minimum absolute atomic E-state index is 0.366. The number of carbonyl (C=O) groups excluding carboxylic acids is 1. The zero-order chi connectivity index (χ0) is 14.8. The Morgan fingerprint density at radius 3 is 2.57 bits per heavy atom. The van der Waals surface area contributed by atoms with Gasteiger partial charge in [0.25, 0.3) is 0 Å². The van der Waals surface area contributed by atoms with Crippen LogP contribution in [0.25, 0.3) is 11.1 Å². The molecule has 0 saturated carbocycles. The largest absolute Gasteiger partial charge is 0.489 e. The topological polar surface area (TPSA) is 35.5 Å². The first-order valence-electron chi connectivity index (χ1n) is 7.13. The third kappa shape index (κ3) is 2.77. The number of benzene rings is 2. The highest BCUT2D eigenvalue weighted by Gasteiger charge is 2.16. The van der Waals surface area contributed by atoms with Crippen LogP contribution in [0.2, 0.25) is 0 Å². The normalized spacial score (nSPS) is 17.1. The summed E-state index contributed by atoms with van der Waals surface area (Å²) < 4.78 is 11.6. The van der Waals surface area contributed by atoms with Crippen molar-refractivity contribution in [3.05, 3.63) is 47.5 Å². The van der Waals surface area contributed by atoms with Crippen LogP contribution in [-0.2, 0) is 0 Å². The van der Waals surface area contributed by atoms with E-state index in [1.54, 1.807) is 0 Å². The first-order valence-corrected chi connectivity index (χ1v) is 7.13. The van der Waals surface area contributed by atoms with E-state index >= 15 is 0 Å². The molecule has 1 heterocycles. The lowest BCUT2D eigenvalue weighted by Gasteiger charge is -2.11. The van der Waals surface area contributed by atoms with Gasteiger partial charge in [0.1, 0.15) is 0 Å². The van der Waals surface area contributed by atoms with Gasteiger partial charge in [-0.15, -0.1) is 0 Å². The summed E-state index contributed by atoms with van der Waals surface area (Å²) >= 11 is 0. The van der Waals surface area contributed by atoms with E-state index < -0.39 is 0 Å². The lowest BCUT2D eigenvalue weighted by Crippen LogP contribution is -2.12. The zero-order valence-electron chi connectivity index (χ0n) is 12.3. The second kappa shape index (κ2) is 5.60. The van der Waals surface area contributed by atoms with Crippen molar-refractivity contribution in [1.82, 2.24) is 0 Å². The highest BCUT2D eigenvalue weighted by Crippen LogP contribution is 2.35. The minimum Gasteiger partial charge on any atom is -0.489 e. The lowest BCUT2D eigenvalue weighted by molar-refractivity contribution is 0.112. The molecular weight excluding hydrogens is 264 g/mol. The molecule has 0 saturated heterocycles. The molecule has 1 atom stereocenters. The number of fused-ring (bicyclic) bond motifs is 1. The smallest absolute Gasteiger partial charge is 0.161 e. The monoisotopic (exact) mass is 282 g/mol. The predicted molar refractivity (Wildman–Crippen MR) is 82.2 cm³/mol. The van der Waals surface area contributed by atoms with Gasteiger partial charge >= 0.3 is 0 Å². The van der Waals surface area contributed by atoms with Crippen LogP contribution < -0.4 is 9.47 Å². The maximum absolute atomic E-state index is 11.2. The molecule has 3 heteroatoms. The molecule has 1 aliphatic heterocycles. The Kier molecular flexibility index (Phi) is 3.65. The molecule has 108 valence electrons. The third-order valence-corrected chi connectivity index (χ3v) is 3.64. The highest BCUT2D eigenvalue weighted by molar-refractivity contribution is 5.88. The molecule has 0 aliphatic carbocycles. The zero-order valence-corrected chi connectivity index (χ0v) is 12.3. The predicted octanol–water partition coefficient (Wildman–Crippen LogP) is 3.88. The highest BCUT2D eigenvalue weighted by atomic mass is 16.5. The Bertz CT molecular complexity index is 676. The fraction of sp³-hybridized carbons (Fsp3) is 0.278. The number of hydrogen-bond acceptors (Lipinski definition) is 3. The Hall–Kier alpha value is -2.29. The summed E-state index contributed by atoms with van der Waals surface area (Å²) in [6.45, 7) is 5.42. The summed E-state index contributed by atoms with van der Waals surface area (Å²) in [5.41, 5.74) is 3.70. The van der Waals surface area contributed by atoms with Gasteiger partial charge in [-0.05, 0) is 30.2 Å². The molecule has 0 N–H and O–H groups in total. The summed E-state index contributed by atoms with van der Waals surface area (Å²) in [7, 11) is 0. The molecular formula is C18H18O3. The maximum atomic E-state index is 11.2. The van der Waals surface area contributed by atoms with E-state index in [1.165, 1.54) is 0 Å². The van der Waals surface area contributed by atoms with Crippen LogP contribution in [0.5, 0.6) is 11.5 Å². The minimum atomic E-state index is 0.366. The molecule has 0 radical (unpaired) electrons. The Balaban J connectivity index is 2.05. The number of aldehydes is 1. The van der Waals surface area contributed by atoms with Crippen LogP contribution in [0, 0.1) is 12.8 Å². The molecule has 21 heavy (non-hydrogen) atoms. The summed E-state index contributed by atoms with van der Waals surface area (Å²) in [6, 6.07) is 11.7. The van der Waals surface area contributed by atoms with Crippen LogP contribution in [0.4, 0.5) is 0 Å². The van der Waals surface area contributed by atoms with Gasteiger partial charge in [-0.1, -0.05) is 36.8 Å². The van der Waals surface area contributed by atoms with Gasteiger partial charge in [-0.3, -0.25) is 4.79 Å². The SMILES string of the molecule is Cc1ccc(C=O)c(-c2ccc3c(c2)OCC(C)CO3)c1. The summed E-state index contributed by atoms with van der Waals surface area (Å²) in [5, 5.41) is 0. The van der Waals surface area contributed by atoms with Gasteiger partial charge in [0.2, 0.25) is 0 Å². The third-order valence-electron chi connectivity index (χ3n) is 3.64. The Morgan fingerprint density at radius 2 is 1.81 bits per heavy atom. The second-order valence-corrected chi connectivity index (χ2v) is 5.60. The van der Waals surface area contributed by atoms with Crippen molar-refractivity contribution >= 4 is 6.29 Å². The molecule has 0 amide bonds. The van der Waals surface area contributed by atoms with E-state index in [2.05, 4.69) is 6.92 Å². The van der Waals surface area contributed by atoms with Gasteiger partial charge in [-0.25, -0.2) is 0 Å². The number of rotatable bonds is 2. The van der Waals surface area contributed by atoms with Crippen molar-refractivity contribution in [1.29, 1.82) is 0 Å².